The van der Waals surface area contributed by atoms with Crippen LogP contribution in [0.3, 0.4) is 0 Å². The molecule has 1 aliphatic heterocycles. The third-order valence-electron chi connectivity index (χ3n) is 7.04. The summed E-state index contributed by atoms with van der Waals surface area (Å²) < 4.78 is 45.3. The molecule has 2 atom stereocenters. The highest BCUT2D eigenvalue weighted by atomic mass is 19.1. The molecule has 2 aromatic heterocycles. The lowest BCUT2D eigenvalue weighted by Gasteiger charge is -2.24. The van der Waals surface area contributed by atoms with Gasteiger partial charge < -0.3 is 10.0 Å². The molecule has 1 aliphatic rings. The molecule has 39 heavy (non-hydrogen) atoms. The third kappa shape index (κ3) is 4.91. The highest BCUT2D eigenvalue weighted by Crippen LogP contribution is 2.32. The van der Waals surface area contributed by atoms with Crippen LogP contribution in [0, 0.1) is 17.5 Å². The first-order chi connectivity index (χ1) is 18.7. The van der Waals surface area contributed by atoms with Crippen LogP contribution in [0.15, 0.2) is 59.5 Å². The van der Waals surface area contributed by atoms with Gasteiger partial charge in [0.2, 0.25) is 5.88 Å². The molecule has 8 nitrogen and oxygen atoms in total. The van der Waals surface area contributed by atoms with Crippen molar-refractivity contribution in [1.82, 2.24) is 24.2 Å². The molecular formula is C28H26F3N5O3. The van der Waals surface area contributed by atoms with Crippen LogP contribution >= 0.6 is 0 Å². The van der Waals surface area contributed by atoms with Gasteiger partial charge in [-0.05, 0) is 48.2 Å². The van der Waals surface area contributed by atoms with Crippen LogP contribution in [0.1, 0.15) is 53.2 Å². The number of likely N-dealkylation sites (tertiary alicyclic amines) is 1. The van der Waals surface area contributed by atoms with Gasteiger partial charge >= 0.3 is 0 Å². The summed E-state index contributed by atoms with van der Waals surface area (Å²) in [6.45, 7) is 2.11. The van der Waals surface area contributed by atoms with E-state index in [0.717, 1.165) is 22.8 Å². The largest absolute Gasteiger partial charge is 0.493 e. The average Bonchev–Trinajstić information content (AvgIpc) is 3.55. The zero-order chi connectivity index (χ0) is 27.8. The van der Waals surface area contributed by atoms with Gasteiger partial charge in [0.25, 0.3) is 11.5 Å². The smallest absolute Gasteiger partial charge is 0.271 e. The van der Waals surface area contributed by atoms with E-state index >= 15 is 0 Å². The lowest BCUT2D eigenvalue weighted by Crippen LogP contribution is -2.38. The van der Waals surface area contributed by atoms with Gasteiger partial charge in [-0.1, -0.05) is 25.1 Å². The van der Waals surface area contributed by atoms with Crippen LogP contribution < -0.4 is 5.56 Å². The maximum atomic E-state index is 14.4. The second-order valence-corrected chi connectivity index (χ2v) is 9.57. The van der Waals surface area contributed by atoms with Crippen molar-refractivity contribution in [3.8, 4) is 17.4 Å². The average molecular weight is 538 g/mol. The van der Waals surface area contributed by atoms with Crippen LogP contribution in [-0.2, 0) is 7.05 Å². The number of nitrogens with zero attached hydrogens (tertiary/aromatic N) is 5. The van der Waals surface area contributed by atoms with Crippen LogP contribution in [0.4, 0.5) is 13.2 Å². The van der Waals surface area contributed by atoms with Crippen molar-refractivity contribution in [3.05, 3.63) is 99.2 Å². The van der Waals surface area contributed by atoms with E-state index in [2.05, 4.69) is 10.1 Å². The Morgan fingerprint density at radius 2 is 1.85 bits per heavy atom. The van der Waals surface area contributed by atoms with Crippen molar-refractivity contribution in [2.75, 3.05) is 13.1 Å². The summed E-state index contributed by atoms with van der Waals surface area (Å²) in [6, 6.07) is 9.90. The maximum absolute atomic E-state index is 14.4. The normalized spacial score (nSPS) is 16.0. The second-order valence-electron chi connectivity index (χ2n) is 9.57. The first-order valence-corrected chi connectivity index (χ1v) is 12.5. The zero-order valence-corrected chi connectivity index (χ0v) is 21.3. The van der Waals surface area contributed by atoms with Gasteiger partial charge in [0.15, 0.2) is 11.4 Å². The highest BCUT2D eigenvalue weighted by Gasteiger charge is 2.34. The molecule has 1 N–H and O–H groups in total. The van der Waals surface area contributed by atoms with Crippen molar-refractivity contribution in [2.24, 2.45) is 7.05 Å². The Labute approximate surface area is 222 Å². The van der Waals surface area contributed by atoms with Gasteiger partial charge in [-0.2, -0.15) is 10.1 Å². The molecule has 4 aromatic rings. The minimum absolute atomic E-state index is 0.0585. The second kappa shape index (κ2) is 10.4. The van der Waals surface area contributed by atoms with Gasteiger partial charge in [0, 0.05) is 38.3 Å². The van der Waals surface area contributed by atoms with E-state index in [1.165, 1.54) is 15.6 Å². The monoisotopic (exact) mass is 537 g/mol. The van der Waals surface area contributed by atoms with E-state index in [9.17, 15) is 27.9 Å². The molecule has 3 heterocycles. The molecule has 1 fully saturated rings. The summed E-state index contributed by atoms with van der Waals surface area (Å²) in [4.78, 5) is 33.1. The number of carbonyl (C=O) groups excluding carboxylic acids is 1. The molecule has 0 radical (unpaired) electrons. The molecule has 2 aromatic carbocycles. The summed E-state index contributed by atoms with van der Waals surface area (Å²) in [5.41, 5.74) is -0.601. The fourth-order valence-corrected chi connectivity index (χ4v) is 5.21. The van der Waals surface area contributed by atoms with Crippen molar-refractivity contribution in [2.45, 2.75) is 31.7 Å². The minimum Gasteiger partial charge on any atom is -0.493 e. The first-order valence-electron chi connectivity index (χ1n) is 12.5. The standard InChI is InChI=1S/C28H26F3N5O3/c1-3-23(17-12-18(29)14-19(30)13-17)36-25(22-9-10-34(2)33-22)32-26(37)24(28(36)39)27(38)35-11-8-16(15-35)20-6-4-5-7-21(20)31/h4-7,9-10,12-14,16,23,37H,3,8,11,15H2,1-2H3. The Morgan fingerprint density at radius 3 is 2.49 bits per heavy atom. The van der Waals surface area contributed by atoms with Crippen LogP contribution in [0.2, 0.25) is 0 Å². The van der Waals surface area contributed by atoms with Gasteiger partial charge in [0.1, 0.15) is 23.1 Å². The molecule has 0 bridgehead atoms. The highest BCUT2D eigenvalue weighted by molar-refractivity contribution is 5.96. The Bertz CT molecular complexity index is 1600. The molecular weight excluding hydrogens is 511 g/mol. The van der Waals surface area contributed by atoms with E-state index in [1.54, 1.807) is 44.4 Å². The molecule has 11 heteroatoms. The van der Waals surface area contributed by atoms with Crippen molar-refractivity contribution in [1.29, 1.82) is 0 Å². The minimum atomic E-state index is -0.927. The summed E-state index contributed by atoms with van der Waals surface area (Å²) in [7, 11) is 1.66. The lowest BCUT2D eigenvalue weighted by atomic mass is 9.98. The van der Waals surface area contributed by atoms with Crippen molar-refractivity contribution >= 4 is 5.91 Å². The Balaban J connectivity index is 1.61. The quantitative estimate of drug-likeness (QED) is 0.394. The molecule has 5 rings (SSSR count). The van der Waals surface area contributed by atoms with Crippen molar-refractivity contribution in [3.63, 3.8) is 0 Å². The summed E-state index contributed by atoms with van der Waals surface area (Å²) >= 11 is 0. The number of benzene rings is 2. The van der Waals surface area contributed by atoms with Gasteiger partial charge in [-0.15, -0.1) is 0 Å². The SMILES string of the molecule is CCC(c1cc(F)cc(F)c1)n1c(-c2ccn(C)n2)nc(O)c(C(=O)N2CCC(c3ccccc3F)C2)c1=O. The van der Waals surface area contributed by atoms with Crippen molar-refractivity contribution < 1.29 is 23.1 Å². The summed E-state index contributed by atoms with van der Waals surface area (Å²) in [6.07, 6.45) is 2.29. The molecule has 0 aliphatic carbocycles. The predicted octanol–water partition coefficient (Wildman–Crippen LogP) is 4.40. The maximum Gasteiger partial charge on any atom is 0.271 e. The third-order valence-corrected chi connectivity index (χ3v) is 7.04. The predicted molar refractivity (Wildman–Crippen MR) is 137 cm³/mol. The number of aromatic nitrogens is 4. The van der Waals surface area contributed by atoms with E-state index in [-0.39, 0.29) is 48.3 Å². The molecule has 1 amide bonds. The van der Waals surface area contributed by atoms with E-state index in [0.29, 0.717) is 12.0 Å². The van der Waals surface area contributed by atoms with E-state index in [4.69, 9.17) is 0 Å². The summed E-state index contributed by atoms with van der Waals surface area (Å²) in [5, 5.41) is 15.1. The van der Waals surface area contributed by atoms with Crippen LogP contribution in [0.25, 0.3) is 11.5 Å². The van der Waals surface area contributed by atoms with Gasteiger partial charge in [-0.3, -0.25) is 18.8 Å². The van der Waals surface area contributed by atoms with Gasteiger partial charge in [0.05, 0.1) is 6.04 Å². The lowest BCUT2D eigenvalue weighted by molar-refractivity contribution is 0.0783. The number of hydrogen-bond donors (Lipinski definition) is 1. The number of aryl methyl sites for hydroxylation is 1. The number of amides is 1. The number of aromatic hydroxyl groups is 1. The van der Waals surface area contributed by atoms with Crippen LogP contribution in [0.5, 0.6) is 5.88 Å². The van der Waals surface area contributed by atoms with Gasteiger partial charge in [-0.25, -0.2) is 13.2 Å². The Hall–Kier alpha value is -4.41. The number of hydrogen-bond acceptors (Lipinski definition) is 5. The molecule has 202 valence electrons. The molecule has 0 saturated carbocycles. The Morgan fingerprint density at radius 1 is 1.13 bits per heavy atom. The summed E-state index contributed by atoms with van der Waals surface area (Å²) in [5.74, 6) is -3.90. The molecule has 2 unspecified atom stereocenters. The first kappa shape index (κ1) is 26.2. The van der Waals surface area contributed by atoms with E-state index in [1.807, 2.05) is 0 Å². The number of halogens is 3. The molecule has 1 saturated heterocycles. The molecule has 0 spiro atoms. The number of rotatable bonds is 6. The fourth-order valence-electron chi connectivity index (χ4n) is 5.21. The van der Waals surface area contributed by atoms with Crippen LogP contribution in [-0.4, -0.2) is 48.3 Å². The number of carbonyl (C=O) groups is 1. The fraction of sp³-hybridized carbons (Fsp3) is 0.286. The zero-order valence-electron chi connectivity index (χ0n) is 21.3. The Kier molecular flexibility index (Phi) is 6.98. The van der Waals surface area contributed by atoms with E-state index < -0.39 is 40.6 Å². The topological polar surface area (TPSA) is 93.2 Å².